The van der Waals surface area contributed by atoms with Crippen LogP contribution >= 0.6 is 0 Å². The second-order valence-corrected chi connectivity index (χ2v) is 3.39. The Balaban J connectivity index is 2.19. The molecule has 7 heteroatoms. The molecule has 7 nitrogen and oxygen atoms in total. The van der Waals surface area contributed by atoms with Crippen LogP contribution < -0.4 is 4.90 Å². The minimum atomic E-state index is -0.501. The summed E-state index contributed by atoms with van der Waals surface area (Å²) < 4.78 is 0. The van der Waals surface area contributed by atoms with Gasteiger partial charge in [-0.25, -0.2) is 0 Å². The van der Waals surface area contributed by atoms with Gasteiger partial charge in [0.05, 0.1) is 0 Å². The second-order valence-electron chi connectivity index (χ2n) is 3.39. The lowest BCUT2D eigenvalue weighted by Gasteiger charge is -2.25. The topological polar surface area (TPSA) is 92.1 Å². The van der Waals surface area contributed by atoms with Crippen LogP contribution in [0.2, 0.25) is 0 Å². The summed E-state index contributed by atoms with van der Waals surface area (Å²) in [5.41, 5.74) is 0.465. The Bertz CT molecular complexity index is 390. The fourth-order valence-corrected chi connectivity index (χ4v) is 1.64. The fraction of sp³-hybridized carbons (Fsp3) is 0.500. The van der Waals surface area contributed by atoms with Crippen LogP contribution in [0.1, 0.15) is 12.8 Å². The third kappa shape index (κ3) is 1.80. The number of H-pyrrole nitrogens is 1. The van der Waals surface area contributed by atoms with Crippen molar-refractivity contribution in [3.8, 4) is 0 Å². The Morgan fingerprint density at radius 2 is 2.13 bits per heavy atom. The van der Waals surface area contributed by atoms with Gasteiger partial charge >= 0.3 is 5.82 Å². The van der Waals surface area contributed by atoms with E-state index < -0.39 is 4.92 Å². The summed E-state index contributed by atoms with van der Waals surface area (Å²) in [7, 11) is 0. The van der Waals surface area contributed by atoms with Crippen LogP contribution in [0.25, 0.3) is 0 Å². The van der Waals surface area contributed by atoms with E-state index in [1.54, 1.807) is 0 Å². The van der Waals surface area contributed by atoms with Crippen molar-refractivity contribution in [2.45, 2.75) is 12.8 Å². The molecule has 0 spiro atoms. The predicted octanol–water partition coefficient (Wildman–Crippen LogP) is 0.487. The average molecular weight is 210 g/mol. The van der Waals surface area contributed by atoms with Gasteiger partial charge < -0.3 is 15.0 Å². The lowest BCUT2D eigenvalue weighted by molar-refractivity contribution is -0.388. The van der Waals surface area contributed by atoms with E-state index in [-0.39, 0.29) is 11.6 Å². The number of hydrogen-bond acceptors (Lipinski definition) is 5. The van der Waals surface area contributed by atoms with E-state index in [0.717, 1.165) is 0 Å². The van der Waals surface area contributed by atoms with Crippen LogP contribution in [0.4, 0.5) is 11.5 Å². The van der Waals surface area contributed by atoms with Crippen molar-refractivity contribution in [3.63, 3.8) is 0 Å². The van der Waals surface area contributed by atoms with Crippen molar-refractivity contribution in [1.29, 1.82) is 0 Å². The molecule has 1 aromatic rings. The Morgan fingerprint density at radius 3 is 2.73 bits per heavy atom. The van der Waals surface area contributed by atoms with Crippen molar-refractivity contribution in [2.75, 3.05) is 18.0 Å². The van der Waals surface area contributed by atoms with Crippen LogP contribution in [0, 0.1) is 10.1 Å². The van der Waals surface area contributed by atoms with Gasteiger partial charge in [-0.15, -0.1) is 5.10 Å². The molecule has 0 radical (unpaired) electrons. The molecule has 2 rings (SSSR count). The smallest absolute Gasteiger partial charge is 0.362 e. The molecule has 15 heavy (non-hydrogen) atoms. The Labute approximate surface area is 85.2 Å². The summed E-state index contributed by atoms with van der Waals surface area (Å²) in [4.78, 5) is 23.0. The summed E-state index contributed by atoms with van der Waals surface area (Å²) in [6.07, 6.45) is 2.32. The number of nitrogens with one attached hydrogen (secondary N) is 1. The third-order valence-electron chi connectivity index (χ3n) is 2.44. The van der Waals surface area contributed by atoms with E-state index >= 15 is 0 Å². The first-order valence-corrected chi connectivity index (χ1v) is 4.63. The molecule has 1 aromatic heterocycles. The first kappa shape index (κ1) is 9.63. The number of anilines is 1. The third-order valence-corrected chi connectivity index (χ3v) is 2.44. The predicted molar refractivity (Wildman–Crippen MR) is 51.7 cm³/mol. The molecule has 0 bridgehead atoms. The van der Waals surface area contributed by atoms with Gasteiger partial charge in [0.2, 0.25) is 0 Å². The van der Waals surface area contributed by atoms with Gasteiger partial charge in [0.15, 0.2) is 5.69 Å². The molecule has 1 aliphatic heterocycles. The van der Waals surface area contributed by atoms with Gasteiger partial charge in [-0.2, -0.15) is 0 Å². The molecule has 2 heterocycles. The van der Waals surface area contributed by atoms with E-state index in [9.17, 15) is 14.9 Å². The van der Waals surface area contributed by atoms with Crippen LogP contribution in [-0.2, 0) is 4.79 Å². The monoisotopic (exact) mass is 210 g/mol. The maximum atomic E-state index is 11.0. The van der Waals surface area contributed by atoms with Crippen molar-refractivity contribution < 1.29 is 9.72 Å². The molecule has 0 aliphatic carbocycles. The normalized spacial score (nSPS) is 16.8. The summed E-state index contributed by atoms with van der Waals surface area (Å²) in [6, 6.07) is 0. The zero-order valence-corrected chi connectivity index (χ0v) is 7.97. The first-order valence-electron chi connectivity index (χ1n) is 4.63. The maximum absolute atomic E-state index is 11.0. The Kier molecular flexibility index (Phi) is 2.36. The molecule has 80 valence electrons. The zero-order chi connectivity index (χ0) is 10.8. The number of aromatic nitrogens is 2. The molecule has 0 amide bonds. The lowest BCUT2D eigenvalue weighted by Crippen LogP contribution is -2.33. The van der Waals surface area contributed by atoms with Gasteiger partial charge in [-0.3, -0.25) is 4.79 Å². The van der Waals surface area contributed by atoms with Gasteiger partial charge in [-0.1, -0.05) is 5.10 Å². The first-order chi connectivity index (χ1) is 7.18. The highest BCUT2D eigenvalue weighted by Crippen LogP contribution is 2.26. The Hall–Kier alpha value is -1.92. The second kappa shape index (κ2) is 3.68. The number of aromatic amines is 1. The molecule has 1 N–H and O–H groups in total. The average Bonchev–Trinajstić information content (AvgIpc) is 2.67. The molecular weight excluding hydrogens is 200 g/mol. The van der Waals surface area contributed by atoms with Crippen molar-refractivity contribution in [3.05, 3.63) is 16.3 Å². The Morgan fingerprint density at radius 1 is 1.47 bits per heavy atom. The fourth-order valence-electron chi connectivity index (χ4n) is 1.64. The number of nitro groups is 1. The molecule has 1 fully saturated rings. The van der Waals surface area contributed by atoms with Crippen LogP contribution in [0.15, 0.2) is 6.20 Å². The van der Waals surface area contributed by atoms with E-state index in [1.807, 2.05) is 4.90 Å². The van der Waals surface area contributed by atoms with Crippen molar-refractivity contribution in [2.24, 2.45) is 0 Å². The molecule has 0 aromatic carbocycles. The molecule has 0 saturated carbocycles. The molecule has 1 saturated heterocycles. The summed E-state index contributed by atoms with van der Waals surface area (Å²) in [5, 5.41) is 16.6. The quantitative estimate of drug-likeness (QED) is 0.566. The highest BCUT2D eigenvalue weighted by atomic mass is 16.6. The van der Waals surface area contributed by atoms with Crippen LogP contribution in [-0.4, -0.2) is 34.0 Å². The summed E-state index contributed by atoms with van der Waals surface area (Å²) in [5.74, 6) is 0.0988. The lowest BCUT2D eigenvalue weighted by atomic mass is 10.1. The van der Waals surface area contributed by atoms with Crippen LogP contribution in [0.3, 0.4) is 0 Å². The maximum Gasteiger partial charge on any atom is 0.366 e. The van der Waals surface area contributed by atoms with Gasteiger partial charge in [-0.05, 0) is 4.92 Å². The summed E-state index contributed by atoms with van der Waals surface area (Å²) in [6.45, 7) is 1.05. The highest BCUT2D eigenvalue weighted by Gasteiger charge is 2.24. The van der Waals surface area contributed by atoms with Crippen molar-refractivity contribution in [1.82, 2.24) is 10.2 Å². The van der Waals surface area contributed by atoms with Crippen molar-refractivity contribution >= 4 is 17.3 Å². The number of carbonyl (C=O) groups is 1. The molecule has 0 unspecified atom stereocenters. The minimum absolute atomic E-state index is 0.107. The highest BCUT2D eigenvalue weighted by molar-refractivity contribution is 5.81. The zero-order valence-electron chi connectivity index (χ0n) is 7.97. The standard InChI is InChI=1S/C8H10N4O3/c13-6-1-3-11(4-2-6)7-5-9-10-8(7)12(14)15/h5H,1-4H2,(H,9,10). The van der Waals surface area contributed by atoms with E-state index in [2.05, 4.69) is 10.2 Å². The largest absolute Gasteiger partial charge is 0.366 e. The SMILES string of the molecule is O=C1CCN(c2cn[nH]c2[N+](=O)[O-])CC1. The van der Waals surface area contributed by atoms with E-state index in [1.165, 1.54) is 6.20 Å². The van der Waals surface area contributed by atoms with E-state index in [0.29, 0.717) is 31.6 Å². The molecule has 0 atom stereocenters. The summed E-state index contributed by atoms with van der Waals surface area (Å²) >= 11 is 0. The number of nitrogens with zero attached hydrogens (tertiary/aromatic N) is 3. The number of Topliss-reactive ketones (excluding diaryl/α,β-unsaturated/α-hetero) is 1. The number of hydrogen-bond donors (Lipinski definition) is 1. The minimum Gasteiger partial charge on any atom is -0.362 e. The number of piperidine rings is 1. The number of carbonyl (C=O) groups excluding carboxylic acids is 1. The van der Waals surface area contributed by atoms with E-state index in [4.69, 9.17) is 0 Å². The van der Waals surface area contributed by atoms with Crippen LogP contribution in [0.5, 0.6) is 0 Å². The molecular formula is C8H10N4O3. The number of rotatable bonds is 2. The van der Waals surface area contributed by atoms with Gasteiger partial charge in [0.25, 0.3) is 0 Å². The van der Waals surface area contributed by atoms with Gasteiger partial charge in [0.1, 0.15) is 12.0 Å². The van der Waals surface area contributed by atoms with Gasteiger partial charge in [0, 0.05) is 25.9 Å². The molecule has 1 aliphatic rings. The number of ketones is 1.